The minimum absolute atomic E-state index is 0.0934. The van der Waals surface area contributed by atoms with Crippen LogP contribution in [0.1, 0.15) is 15.9 Å². The van der Waals surface area contributed by atoms with Crippen LogP contribution in [0.25, 0.3) is 0 Å². The lowest BCUT2D eigenvalue weighted by Gasteiger charge is -2.06. The quantitative estimate of drug-likeness (QED) is 0.757. The number of para-hydroxylation sites is 1. The predicted molar refractivity (Wildman–Crippen MR) is 65.3 cm³/mol. The van der Waals surface area contributed by atoms with Gasteiger partial charge in [0.25, 0.3) is 0 Å². The normalized spacial score (nSPS) is 10.1. The number of Topliss-reactive ketones (excluding diaryl/α,β-unsaturated/α-hetero) is 1. The second-order valence-electron chi connectivity index (χ2n) is 3.43. The molecule has 0 aliphatic carbocycles. The van der Waals surface area contributed by atoms with E-state index in [2.05, 4.69) is 0 Å². The van der Waals surface area contributed by atoms with Gasteiger partial charge in [0.2, 0.25) is 0 Å². The van der Waals surface area contributed by atoms with Gasteiger partial charge in [-0.15, -0.1) is 0 Å². The molecule has 0 fully saturated rings. The summed E-state index contributed by atoms with van der Waals surface area (Å²) in [6, 6.07) is 9.29. The Morgan fingerprint density at radius 2 is 2.12 bits per heavy atom. The van der Waals surface area contributed by atoms with E-state index in [4.69, 9.17) is 4.74 Å². The van der Waals surface area contributed by atoms with Gasteiger partial charge in [0.1, 0.15) is 5.75 Å². The molecule has 82 valence electrons. The van der Waals surface area contributed by atoms with E-state index in [1.54, 1.807) is 30.6 Å². The number of carbonyl (C=O) groups is 1. The van der Waals surface area contributed by atoms with Crippen molar-refractivity contribution in [2.24, 2.45) is 0 Å². The Kier molecular flexibility index (Phi) is 3.37. The molecule has 0 aliphatic rings. The number of hydrogen-bond acceptors (Lipinski definition) is 3. The van der Waals surface area contributed by atoms with Crippen LogP contribution in [0.3, 0.4) is 0 Å². The van der Waals surface area contributed by atoms with Gasteiger partial charge in [0.05, 0.1) is 12.7 Å². The zero-order chi connectivity index (χ0) is 11.4. The van der Waals surface area contributed by atoms with Crippen LogP contribution in [0, 0.1) is 0 Å². The number of benzene rings is 1. The molecule has 2 aromatic rings. The van der Waals surface area contributed by atoms with Gasteiger partial charge in [-0.3, -0.25) is 4.79 Å². The first-order valence-electron chi connectivity index (χ1n) is 4.98. The van der Waals surface area contributed by atoms with Crippen molar-refractivity contribution < 1.29 is 9.53 Å². The van der Waals surface area contributed by atoms with Crippen LogP contribution < -0.4 is 4.74 Å². The van der Waals surface area contributed by atoms with Crippen molar-refractivity contribution in [2.45, 2.75) is 6.42 Å². The van der Waals surface area contributed by atoms with E-state index in [1.807, 2.05) is 29.0 Å². The minimum Gasteiger partial charge on any atom is -0.496 e. The van der Waals surface area contributed by atoms with E-state index in [0.717, 1.165) is 5.56 Å². The average Bonchev–Trinajstić information content (AvgIpc) is 2.81. The van der Waals surface area contributed by atoms with Gasteiger partial charge in [-0.05, 0) is 34.5 Å². The molecule has 1 heterocycles. The van der Waals surface area contributed by atoms with Crippen molar-refractivity contribution in [2.75, 3.05) is 7.11 Å². The third-order valence-corrected chi connectivity index (χ3v) is 3.08. The summed E-state index contributed by atoms with van der Waals surface area (Å²) >= 11 is 1.60. The summed E-state index contributed by atoms with van der Waals surface area (Å²) < 4.78 is 5.17. The van der Waals surface area contributed by atoms with Crippen LogP contribution in [0.5, 0.6) is 5.75 Å². The minimum atomic E-state index is 0.0934. The number of carbonyl (C=O) groups excluding carboxylic acids is 1. The summed E-state index contributed by atoms with van der Waals surface area (Å²) in [6.07, 6.45) is 0.434. The number of hydrogen-bond donors (Lipinski definition) is 0. The molecule has 1 aromatic heterocycles. The smallest absolute Gasteiger partial charge is 0.170 e. The van der Waals surface area contributed by atoms with E-state index in [9.17, 15) is 4.79 Å². The van der Waals surface area contributed by atoms with Crippen molar-refractivity contribution in [1.29, 1.82) is 0 Å². The molecule has 3 heteroatoms. The van der Waals surface area contributed by atoms with Gasteiger partial charge in [-0.25, -0.2) is 0 Å². The third kappa shape index (κ3) is 2.31. The largest absolute Gasteiger partial charge is 0.496 e. The summed E-state index contributed by atoms with van der Waals surface area (Å²) in [7, 11) is 1.58. The second-order valence-corrected chi connectivity index (χ2v) is 4.21. The summed E-state index contributed by atoms with van der Waals surface area (Å²) in [5.74, 6) is 0.735. The highest BCUT2D eigenvalue weighted by Gasteiger charge is 2.11. The van der Waals surface area contributed by atoms with Crippen LogP contribution in [0.4, 0.5) is 0 Å². The highest BCUT2D eigenvalue weighted by atomic mass is 32.1. The van der Waals surface area contributed by atoms with E-state index in [-0.39, 0.29) is 5.78 Å². The second kappa shape index (κ2) is 4.94. The van der Waals surface area contributed by atoms with E-state index in [1.165, 1.54) is 0 Å². The topological polar surface area (TPSA) is 26.3 Å². The zero-order valence-electron chi connectivity index (χ0n) is 8.97. The molecule has 0 aliphatic heterocycles. The predicted octanol–water partition coefficient (Wildman–Crippen LogP) is 3.18. The number of ketones is 1. The standard InChI is InChI=1S/C13H12O2S/c1-15-13-5-3-2-4-11(13)12(14)8-10-6-7-16-9-10/h2-7,9H,8H2,1H3. The highest BCUT2D eigenvalue weighted by molar-refractivity contribution is 7.08. The molecule has 0 radical (unpaired) electrons. The average molecular weight is 232 g/mol. The molecule has 0 bridgehead atoms. The Labute approximate surface area is 98.5 Å². The first-order chi connectivity index (χ1) is 7.81. The van der Waals surface area contributed by atoms with Crippen molar-refractivity contribution in [3.8, 4) is 5.75 Å². The molecule has 16 heavy (non-hydrogen) atoms. The van der Waals surface area contributed by atoms with Crippen LogP contribution in [-0.2, 0) is 6.42 Å². The van der Waals surface area contributed by atoms with E-state index >= 15 is 0 Å². The lowest BCUT2D eigenvalue weighted by molar-refractivity contribution is 0.0990. The van der Waals surface area contributed by atoms with E-state index < -0.39 is 0 Å². The molecule has 2 nitrogen and oxygen atoms in total. The first-order valence-corrected chi connectivity index (χ1v) is 5.93. The molecular weight excluding hydrogens is 220 g/mol. The summed E-state index contributed by atoms with van der Waals surface area (Å²) in [5.41, 5.74) is 1.71. The Balaban J connectivity index is 2.21. The third-order valence-electron chi connectivity index (χ3n) is 2.35. The van der Waals surface area contributed by atoms with Gasteiger partial charge < -0.3 is 4.74 Å². The maximum Gasteiger partial charge on any atom is 0.170 e. The lowest BCUT2D eigenvalue weighted by Crippen LogP contribution is -2.04. The monoisotopic (exact) mass is 232 g/mol. The molecule has 0 saturated heterocycles. The number of methoxy groups -OCH3 is 1. The van der Waals surface area contributed by atoms with Crippen LogP contribution in [0.2, 0.25) is 0 Å². The molecule has 0 unspecified atom stereocenters. The summed E-state index contributed by atoms with van der Waals surface area (Å²) in [6.45, 7) is 0. The number of thiophene rings is 1. The Morgan fingerprint density at radius 1 is 1.31 bits per heavy atom. The Bertz CT molecular complexity index is 474. The summed E-state index contributed by atoms with van der Waals surface area (Å²) in [4.78, 5) is 12.0. The number of ether oxygens (including phenoxy) is 1. The van der Waals surface area contributed by atoms with Crippen molar-refractivity contribution >= 4 is 17.1 Å². The maximum absolute atomic E-state index is 12.0. The molecular formula is C13H12O2S. The van der Waals surface area contributed by atoms with Crippen LogP contribution in [-0.4, -0.2) is 12.9 Å². The molecule has 0 saturated carbocycles. The molecule has 0 N–H and O–H groups in total. The van der Waals surface area contributed by atoms with Crippen LogP contribution in [0.15, 0.2) is 41.1 Å². The first kappa shape index (κ1) is 10.9. The SMILES string of the molecule is COc1ccccc1C(=O)Cc1ccsc1. The van der Waals surface area contributed by atoms with Gasteiger partial charge in [0.15, 0.2) is 5.78 Å². The van der Waals surface area contributed by atoms with Gasteiger partial charge in [-0.1, -0.05) is 12.1 Å². The molecule has 0 atom stereocenters. The Hall–Kier alpha value is -1.61. The maximum atomic E-state index is 12.0. The fraction of sp³-hybridized carbons (Fsp3) is 0.154. The van der Waals surface area contributed by atoms with Crippen molar-refractivity contribution in [3.63, 3.8) is 0 Å². The fourth-order valence-corrected chi connectivity index (χ4v) is 2.22. The molecule has 2 rings (SSSR count). The lowest BCUT2D eigenvalue weighted by atomic mass is 10.0. The summed E-state index contributed by atoms with van der Waals surface area (Å²) in [5, 5.41) is 3.97. The molecule has 0 amide bonds. The van der Waals surface area contributed by atoms with E-state index in [0.29, 0.717) is 17.7 Å². The fourth-order valence-electron chi connectivity index (χ4n) is 1.55. The van der Waals surface area contributed by atoms with Crippen molar-refractivity contribution in [3.05, 3.63) is 52.2 Å². The van der Waals surface area contributed by atoms with Gasteiger partial charge in [0, 0.05) is 6.42 Å². The molecule has 1 aromatic carbocycles. The van der Waals surface area contributed by atoms with Crippen LogP contribution >= 0.6 is 11.3 Å². The molecule has 0 spiro atoms. The highest BCUT2D eigenvalue weighted by Crippen LogP contribution is 2.20. The van der Waals surface area contributed by atoms with Gasteiger partial charge in [-0.2, -0.15) is 11.3 Å². The van der Waals surface area contributed by atoms with Gasteiger partial charge >= 0.3 is 0 Å². The zero-order valence-corrected chi connectivity index (χ0v) is 9.79. The van der Waals surface area contributed by atoms with Crippen molar-refractivity contribution in [1.82, 2.24) is 0 Å². The number of rotatable bonds is 4. The Morgan fingerprint density at radius 3 is 2.81 bits per heavy atom.